The molecule has 1 aromatic heterocycles. The molecule has 5 heteroatoms. The lowest BCUT2D eigenvalue weighted by Gasteiger charge is -2.08. The lowest BCUT2D eigenvalue weighted by atomic mass is 10.1. The van der Waals surface area contributed by atoms with Crippen LogP contribution in [-0.4, -0.2) is 17.5 Å². The second-order valence-electron chi connectivity index (χ2n) is 5.86. The molecule has 1 heterocycles. The molecular formula is C21H22N2O2S. The van der Waals surface area contributed by atoms with Crippen molar-refractivity contribution in [1.29, 1.82) is 0 Å². The van der Waals surface area contributed by atoms with Crippen molar-refractivity contribution in [3.63, 3.8) is 0 Å². The van der Waals surface area contributed by atoms with Crippen LogP contribution in [0.25, 0.3) is 0 Å². The second kappa shape index (κ2) is 8.63. The molecule has 0 spiro atoms. The van der Waals surface area contributed by atoms with Gasteiger partial charge in [0.15, 0.2) is 5.13 Å². The van der Waals surface area contributed by atoms with Crippen LogP contribution < -0.4 is 10.1 Å². The molecule has 0 radical (unpaired) electrons. The highest BCUT2D eigenvalue weighted by molar-refractivity contribution is 7.15. The van der Waals surface area contributed by atoms with Crippen LogP contribution in [0.15, 0.2) is 54.7 Å². The molecule has 1 amide bonds. The number of ether oxygens (including phenoxy) is 1. The van der Waals surface area contributed by atoms with E-state index in [4.69, 9.17) is 4.74 Å². The Morgan fingerprint density at radius 1 is 1.08 bits per heavy atom. The molecule has 0 atom stereocenters. The normalized spacial score (nSPS) is 10.5. The number of aryl methyl sites for hydroxylation is 1. The number of rotatable bonds is 7. The number of carbonyl (C=O) groups is 1. The summed E-state index contributed by atoms with van der Waals surface area (Å²) in [5.74, 6) is 0.377. The first-order valence-electron chi connectivity index (χ1n) is 8.75. The molecule has 0 fully saturated rings. The fraction of sp³-hybridized carbons (Fsp3) is 0.238. The summed E-state index contributed by atoms with van der Waals surface area (Å²) in [6.45, 7) is 4.56. The number of carbonyl (C=O) groups excluding carboxylic acids is 1. The van der Waals surface area contributed by atoms with Gasteiger partial charge in [-0.25, -0.2) is 4.98 Å². The standard InChI is InChI=1S/C21H22N2O2S/c1-3-15-9-11-16(12-10-15)13-17-14-22-21(26-17)23-20(24)18-7-5-6-8-19(18)25-4-2/h5-12,14H,3-4,13H2,1-2H3,(H,22,23,24). The molecule has 26 heavy (non-hydrogen) atoms. The topological polar surface area (TPSA) is 51.2 Å². The van der Waals surface area contributed by atoms with Gasteiger partial charge in [0.1, 0.15) is 5.75 Å². The van der Waals surface area contributed by atoms with E-state index in [-0.39, 0.29) is 5.91 Å². The highest BCUT2D eigenvalue weighted by Gasteiger charge is 2.14. The molecule has 0 aliphatic carbocycles. The van der Waals surface area contributed by atoms with Crippen molar-refractivity contribution in [1.82, 2.24) is 4.98 Å². The van der Waals surface area contributed by atoms with Crippen molar-refractivity contribution in [3.8, 4) is 5.75 Å². The predicted octanol–water partition coefficient (Wildman–Crippen LogP) is 4.95. The number of hydrogen-bond donors (Lipinski definition) is 1. The van der Waals surface area contributed by atoms with Crippen molar-refractivity contribution in [2.75, 3.05) is 11.9 Å². The highest BCUT2D eigenvalue weighted by Crippen LogP contribution is 2.24. The van der Waals surface area contributed by atoms with Crippen molar-refractivity contribution in [2.24, 2.45) is 0 Å². The van der Waals surface area contributed by atoms with Gasteiger partial charge in [-0.2, -0.15) is 0 Å². The fourth-order valence-electron chi connectivity index (χ4n) is 2.64. The van der Waals surface area contributed by atoms with Gasteiger partial charge in [-0.05, 0) is 36.6 Å². The van der Waals surface area contributed by atoms with Gasteiger partial charge < -0.3 is 4.74 Å². The Kier molecular flexibility index (Phi) is 6.02. The van der Waals surface area contributed by atoms with Crippen molar-refractivity contribution >= 4 is 22.4 Å². The number of benzene rings is 2. The maximum atomic E-state index is 12.5. The number of para-hydroxylation sites is 1. The monoisotopic (exact) mass is 366 g/mol. The predicted molar refractivity (Wildman–Crippen MR) is 106 cm³/mol. The molecule has 134 valence electrons. The van der Waals surface area contributed by atoms with E-state index in [0.29, 0.717) is 23.1 Å². The number of aromatic nitrogens is 1. The van der Waals surface area contributed by atoms with Gasteiger partial charge in [-0.15, -0.1) is 11.3 Å². The first-order chi connectivity index (χ1) is 12.7. The van der Waals surface area contributed by atoms with Crippen LogP contribution in [-0.2, 0) is 12.8 Å². The van der Waals surface area contributed by atoms with Crippen molar-refractivity contribution in [2.45, 2.75) is 26.7 Å². The summed E-state index contributed by atoms with van der Waals surface area (Å²) in [4.78, 5) is 18.0. The van der Waals surface area contributed by atoms with E-state index in [1.807, 2.05) is 25.3 Å². The third-order valence-electron chi connectivity index (χ3n) is 4.02. The van der Waals surface area contributed by atoms with E-state index in [9.17, 15) is 4.79 Å². The van der Waals surface area contributed by atoms with Gasteiger partial charge in [0.2, 0.25) is 0 Å². The Morgan fingerprint density at radius 3 is 2.54 bits per heavy atom. The Bertz CT molecular complexity index is 872. The fourth-order valence-corrected chi connectivity index (χ4v) is 3.48. The second-order valence-corrected chi connectivity index (χ2v) is 6.98. The summed E-state index contributed by atoms with van der Waals surface area (Å²) in [7, 11) is 0. The van der Waals surface area contributed by atoms with Gasteiger partial charge in [-0.3, -0.25) is 10.1 Å². The van der Waals surface area contributed by atoms with Crippen LogP contribution >= 0.6 is 11.3 Å². The van der Waals surface area contributed by atoms with E-state index < -0.39 is 0 Å². The van der Waals surface area contributed by atoms with Gasteiger partial charge in [-0.1, -0.05) is 43.3 Å². The van der Waals surface area contributed by atoms with Gasteiger partial charge in [0, 0.05) is 17.5 Å². The molecule has 0 aliphatic heterocycles. The summed E-state index contributed by atoms with van der Waals surface area (Å²) >= 11 is 1.50. The molecule has 0 saturated heterocycles. The quantitative estimate of drug-likeness (QED) is 0.644. The number of nitrogens with one attached hydrogen (secondary N) is 1. The molecule has 0 unspecified atom stereocenters. The molecule has 4 nitrogen and oxygen atoms in total. The van der Waals surface area contributed by atoms with Crippen LogP contribution in [0, 0.1) is 0 Å². The summed E-state index contributed by atoms with van der Waals surface area (Å²) < 4.78 is 5.52. The smallest absolute Gasteiger partial charge is 0.261 e. The summed E-state index contributed by atoms with van der Waals surface area (Å²) in [6, 6.07) is 15.8. The van der Waals surface area contributed by atoms with Crippen molar-refractivity contribution < 1.29 is 9.53 Å². The molecular weight excluding hydrogens is 344 g/mol. The largest absolute Gasteiger partial charge is 0.493 e. The molecule has 3 rings (SSSR count). The molecule has 0 bridgehead atoms. The van der Waals surface area contributed by atoms with Gasteiger partial charge in [0.05, 0.1) is 12.2 Å². The first kappa shape index (κ1) is 18.1. The third-order valence-corrected chi connectivity index (χ3v) is 4.93. The number of amides is 1. The number of nitrogens with zero attached hydrogens (tertiary/aromatic N) is 1. The summed E-state index contributed by atoms with van der Waals surface area (Å²) in [6.07, 6.45) is 3.68. The molecule has 0 saturated carbocycles. The zero-order valence-electron chi connectivity index (χ0n) is 15.0. The minimum Gasteiger partial charge on any atom is -0.493 e. The maximum Gasteiger partial charge on any atom is 0.261 e. The zero-order valence-corrected chi connectivity index (χ0v) is 15.8. The molecule has 0 aliphatic rings. The van der Waals surface area contributed by atoms with Crippen LogP contribution in [0.4, 0.5) is 5.13 Å². The lowest BCUT2D eigenvalue weighted by Crippen LogP contribution is -2.13. The number of anilines is 1. The van der Waals surface area contributed by atoms with Crippen molar-refractivity contribution in [3.05, 3.63) is 76.3 Å². The lowest BCUT2D eigenvalue weighted by molar-refractivity contribution is 0.102. The van der Waals surface area contributed by atoms with E-state index in [1.54, 1.807) is 12.1 Å². The van der Waals surface area contributed by atoms with E-state index >= 15 is 0 Å². The Labute approximate surface area is 157 Å². The van der Waals surface area contributed by atoms with Crippen LogP contribution in [0.1, 0.15) is 40.2 Å². The molecule has 3 aromatic rings. The Balaban J connectivity index is 1.67. The van der Waals surface area contributed by atoms with Gasteiger partial charge in [0.25, 0.3) is 5.91 Å². The van der Waals surface area contributed by atoms with E-state index in [0.717, 1.165) is 17.7 Å². The van der Waals surface area contributed by atoms with Gasteiger partial charge >= 0.3 is 0 Å². The molecule has 1 N–H and O–H groups in total. The third kappa shape index (κ3) is 4.49. The maximum absolute atomic E-state index is 12.5. The van der Waals surface area contributed by atoms with E-state index in [2.05, 4.69) is 41.5 Å². The molecule has 2 aromatic carbocycles. The average molecular weight is 366 g/mol. The van der Waals surface area contributed by atoms with E-state index in [1.165, 1.54) is 22.5 Å². The summed E-state index contributed by atoms with van der Waals surface area (Å²) in [5, 5.41) is 3.47. The van der Waals surface area contributed by atoms with Crippen LogP contribution in [0.5, 0.6) is 5.75 Å². The highest BCUT2D eigenvalue weighted by atomic mass is 32.1. The Morgan fingerprint density at radius 2 is 1.81 bits per heavy atom. The number of thiazole rings is 1. The first-order valence-corrected chi connectivity index (χ1v) is 9.57. The van der Waals surface area contributed by atoms with Crippen LogP contribution in [0.3, 0.4) is 0 Å². The number of hydrogen-bond acceptors (Lipinski definition) is 4. The SMILES string of the molecule is CCOc1ccccc1C(=O)Nc1ncc(Cc2ccc(CC)cc2)s1. The minimum atomic E-state index is -0.206. The zero-order chi connectivity index (χ0) is 18.4. The van der Waals surface area contributed by atoms with Crippen LogP contribution in [0.2, 0.25) is 0 Å². The minimum absolute atomic E-state index is 0.206. The Hall–Kier alpha value is -2.66. The summed E-state index contributed by atoms with van der Waals surface area (Å²) in [5.41, 5.74) is 3.09. The average Bonchev–Trinajstić information content (AvgIpc) is 3.10.